The number of carboxylic acid groups (broad SMARTS) is 1. The summed E-state index contributed by atoms with van der Waals surface area (Å²) < 4.78 is 4.89. The van der Waals surface area contributed by atoms with Crippen molar-refractivity contribution in [3.8, 4) is 0 Å². The maximum atomic E-state index is 12.3. The molecule has 1 aromatic rings. The zero-order valence-electron chi connectivity index (χ0n) is 16.5. The third kappa shape index (κ3) is 7.49. The summed E-state index contributed by atoms with van der Waals surface area (Å²) in [5.41, 5.74) is 0.0987. The number of aliphatic carboxylic acids is 1. The second kappa shape index (κ2) is 11.1. The summed E-state index contributed by atoms with van der Waals surface area (Å²) in [6.45, 7) is 5.28. The molecule has 0 spiro atoms. The standard InChI is InChI=1S/C19H26N2O8/c1-4-29-16(23)10-14(12-5-7-13(8-6-12)21(27)28)17(19(25)26)20-18(24)15(22)9-11(2)3/h5-8,11,14-15,17,22H,4,9-10H2,1-3H3,(H,20,24)(H,25,26)/t14-,15+,17+/m1/s1. The molecule has 10 nitrogen and oxygen atoms in total. The molecular weight excluding hydrogens is 384 g/mol. The zero-order valence-corrected chi connectivity index (χ0v) is 16.5. The molecule has 0 bridgehead atoms. The first-order valence-electron chi connectivity index (χ1n) is 9.18. The number of carbonyl (C=O) groups excluding carboxylic acids is 2. The van der Waals surface area contributed by atoms with Gasteiger partial charge in [-0.3, -0.25) is 19.7 Å². The third-order valence-electron chi connectivity index (χ3n) is 4.19. The highest BCUT2D eigenvalue weighted by atomic mass is 16.6. The number of esters is 1. The van der Waals surface area contributed by atoms with Crippen molar-refractivity contribution in [3.05, 3.63) is 39.9 Å². The molecule has 0 aliphatic carbocycles. The van der Waals surface area contributed by atoms with Crippen LogP contribution in [-0.4, -0.2) is 51.7 Å². The summed E-state index contributed by atoms with van der Waals surface area (Å²) in [5.74, 6) is -4.02. The normalized spacial score (nSPS) is 14.0. The molecule has 0 aromatic heterocycles. The van der Waals surface area contributed by atoms with E-state index < -0.39 is 40.8 Å². The van der Waals surface area contributed by atoms with Crippen LogP contribution in [0.1, 0.15) is 45.1 Å². The molecule has 0 fully saturated rings. The van der Waals surface area contributed by atoms with Crippen LogP contribution in [0.15, 0.2) is 24.3 Å². The second-order valence-electron chi connectivity index (χ2n) is 6.93. The number of nitro benzene ring substituents is 1. The van der Waals surface area contributed by atoms with Gasteiger partial charge in [-0.1, -0.05) is 26.0 Å². The summed E-state index contributed by atoms with van der Waals surface area (Å²) in [7, 11) is 0. The lowest BCUT2D eigenvalue weighted by atomic mass is 9.88. The van der Waals surface area contributed by atoms with Gasteiger partial charge >= 0.3 is 11.9 Å². The van der Waals surface area contributed by atoms with Crippen molar-refractivity contribution in [3.63, 3.8) is 0 Å². The van der Waals surface area contributed by atoms with Gasteiger partial charge in [-0.25, -0.2) is 4.79 Å². The molecular formula is C19H26N2O8. The van der Waals surface area contributed by atoms with E-state index in [2.05, 4.69) is 5.32 Å². The Labute approximate surface area is 168 Å². The number of aliphatic hydroxyl groups is 1. The van der Waals surface area contributed by atoms with Gasteiger partial charge in [0.1, 0.15) is 12.1 Å². The van der Waals surface area contributed by atoms with Crippen molar-refractivity contribution in [1.82, 2.24) is 5.32 Å². The number of hydrogen-bond donors (Lipinski definition) is 3. The van der Waals surface area contributed by atoms with Crippen molar-refractivity contribution in [2.24, 2.45) is 5.92 Å². The number of nitrogens with one attached hydrogen (secondary N) is 1. The Morgan fingerprint density at radius 1 is 1.21 bits per heavy atom. The van der Waals surface area contributed by atoms with Gasteiger partial charge in [0.15, 0.2) is 0 Å². The van der Waals surface area contributed by atoms with Gasteiger partial charge in [0.25, 0.3) is 5.69 Å². The van der Waals surface area contributed by atoms with Crippen LogP contribution in [0.2, 0.25) is 0 Å². The fourth-order valence-corrected chi connectivity index (χ4v) is 2.81. The van der Waals surface area contributed by atoms with E-state index in [1.165, 1.54) is 24.3 Å². The van der Waals surface area contributed by atoms with Crippen LogP contribution in [0.25, 0.3) is 0 Å². The fraction of sp³-hybridized carbons (Fsp3) is 0.526. The molecule has 0 unspecified atom stereocenters. The summed E-state index contributed by atoms with van der Waals surface area (Å²) in [5, 5.41) is 32.7. The van der Waals surface area contributed by atoms with E-state index in [-0.39, 0.29) is 31.1 Å². The lowest BCUT2D eigenvalue weighted by Crippen LogP contribution is -2.49. The van der Waals surface area contributed by atoms with Crippen LogP contribution < -0.4 is 5.32 Å². The maximum Gasteiger partial charge on any atom is 0.326 e. The third-order valence-corrected chi connectivity index (χ3v) is 4.19. The van der Waals surface area contributed by atoms with Gasteiger partial charge in [-0.15, -0.1) is 0 Å². The molecule has 3 atom stereocenters. The number of aliphatic hydroxyl groups excluding tert-OH is 1. The molecule has 0 aliphatic heterocycles. The average Bonchev–Trinajstić information content (AvgIpc) is 2.63. The minimum atomic E-state index is -1.55. The number of nitro groups is 1. The average molecular weight is 410 g/mol. The minimum absolute atomic E-state index is 0.00373. The Bertz CT molecular complexity index is 732. The first-order valence-corrected chi connectivity index (χ1v) is 9.18. The molecule has 160 valence electrons. The largest absolute Gasteiger partial charge is 0.480 e. The van der Waals surface area contributed by atoms with Crippen LogP contribution in [-0.2, 0) is 19.1 Å². The number of ether oxygens (including phenoxy) is 1. The SMILES string of the molecule is CCOC(=O)C[C@H](c1ccc([N+](=O)[O-])cc1)[C@H](NC(=O)[C@@H](O)CC(C)C)C(=O)O. The van der Waals surface area contributed by atoms with Crippen molar-refractivity contribution in [1.29, 1.82) is 0 Å². The van der Waals surface area contributed by atoms with E-state index >= 15 is 0 Å². The maximum absolute atomic E-state index is 12.3. The highest BCUT2D eigenvalue weighted by Crippen LogP contribution is 2.27. The Hall–Kier alpha value is -3.01. The minimum Gasteiger partial charge on any atom is -0.480 e. The quantitative estimate of drug-likeness (QED) is 0.282. The Morgan fingerprint density at radius 2 is 1.79 bits per heavy atom. The number of benzene rings is 1. The number of hydrogen-bond acceptors (Lipinski definition) is 7. The van der Waals surface area contributed by atoms with Crippen LogP contribution in [0, 0.1) is 16.0 Å². The van der Waals surface area contributed by atoms with E-state index in [4.69, 9.17) is 4.74 Å². The lowest BCUT2D eigenvalue weighted by molar-refractivity contribution is -0.384. The second-order valence-corrected chi connectivity index (χ2v) is 6.93. The molecule has 0 saturated carbocycles. The number of amides is 1. The predicted octanol–water partition coefficient (Wildman–Crippen LogP) is 1.61. The molecule has 1 amide bonds. The lowest BCUT2D eigenvalue weighted by Gasteiger charge is -2.26. The topological polar surface area (TPSA) is 156 Å². The van der Waals surface area contributed by atoms with Crippen LogP contribution in [0.4, 0.5) is 5.69 Å². The molecule has 1 aromatic carbocycles. The van der Waals surface area contributed by atoms with E-state index in [1.54, 1.807) is 20.8 Å². The Kier molecular flexibility index (Phi) is 9.20. The van der Waals surface area contributed by atoms with Crippen LogP contribution in [0.3, 0.4) is 0 Å². The number of carbonyl (C=O) groups is 3. The molecule has 3 N–H and O–H groups in total. The van der Waals surface area contributed by atoms with Crippen molar-refractivity contribution in [2.75, 3.05) is 6.61 Å². The van der Waals surface area contributed by atoms with Gasteiger partial charge in [-0.2, -0.15) is 0 Å². The monoisotopic (exact) mass is 410 g/mol. The highest BCUT2D eigenvalue weighted by Gasteiger charge is 2.34. The van der Waals surface area contributed by atoms with Gasteiger partial charge in [0, 0.05) is 18.1 Å². The Balaban J connectivity index is 3.20. The van der Waals surface area contributed by atoms with E-state index in [0.717, 1.165) is 0 Å². The summed E-state index contributed by atoms with van der Waals surface area (Å²) >= 11 is 0. The zero-order chi connectivity index (χ0) is 22.1. The molecule has 1 rings (SSSR count). The first kappa shape index (κ1) is 24.0. The summed E-state index contributed by atoms with van der Waals surface area (Å²) in [4.78, 5) is 46.4. The molecule has 0 aliphatic rings. The molecule has 29 heavy (non-hydrogen) atoms. The van der Waals surface area contributed by atoms with E-state index in [0.29, 0.717) is 5.56 Å². The fourth-order valence-electron chi connectivity index (χ4n) is 2.81. The van der Waals surface area contributed by atoms with Crippen molar-refractivity contribution in [2.45, 2.75) is 51.7 Å². The summed E-state index contributed by atoms with van der Waals surface area (Å²) in [6.07, 6.45) is -1.64. The molecule has 0 radical (unpaired) electrons. The van der Waals surface area contributed by atoms with Crippen molar-refractivity contribution >= 4 is 23.5 Å². The van der Waals surface area contributed by atoms with Gasteiger partial charge in [-0.05, 0) is 24.8 Å². The predicted molar refractivity (Wildman–Crippen MR) is 102 cm³/mol. The van der Waals surface area contributed by atoms with Gasteiger partial charge in [0.05, 0.1) is 18.0 Å². The van der Waals surface area contributed by atoms with Crippen LogP contribution >= 0.6 is 0 Å². The van der Waals surface area contributed by atoms with E-state index in [1.807, 2.05) is 0 Å². The smallest absolute Gasteiger partial charge is 0.326 e. The van der Waals surface area contributed by atoms with E-state index in [9.17, 15) is 34.7 Å². The van der Waals surface area contributed by atoms with Gasteiger partial charge in [0.2, 0.25) is 5.91 Å². The van der Waals surface area contributed by atoms with Gasteiger partial charge < -0.3 is 20.3 Å². The Morgan fingerprint density at radius 3 is 2.24 bits per heavy atom. The molecule has 0 heterocycles. The number of rotatable bonds is 11. The number of carboxylic acids is 1. The highest BCUT2D eigenvalue weighted by molar-refractivity contribution is 5.87. The van der Waals surface area contributed by atoms with Crippen LogP contribution in [0.5, 0.6) is 0 Å². The molecule has 0 saturated heterocycles. The number of nitrogens with zero attached hydrogens (tertiary/aromatic N) is 1. The summed E-state index contributed by atoms with van der Waals surface area (Å²) in [6, 6.07) is 3.47. The first-order chi connectivity index (χ1) is 13.6. The molecule has 10 heteroatoms. The van der Waals surface area contributed by atoms with Crippen molar-refractivity contribution < 1.29 is 34.3 Å². The number of non-ortho nitro benzene ring substituents is 1.